The van der Waals surface area contributed by atoms with Crippen molar-refractivity contribution >= 4 is 34.0 Å². The Morgan fingerprint density at radius 2 is 1.63 bits per heavy atom. The Bertz CT molecular complexity index is 1600. The molecule has 0 radical (unpaired) electrons. The third-order valence-electron chi connectivity index (χ3n) is 10.7. The number of pyridine rings is 1. The van der Waals surface area contributed by atoms with E-state index in [1.54, 1.807) is 0 Å². The van der Waals surface area contributed by atoms with Gasteiger partial charge in [-0.2, -0.15) is 0 Å². The smallest absolute Gasteiger partial charge is 0.272 e. The number of nitrogens with zero attached hydrogens (tertiary/aromatic N) is 6. The second kappa shape index (κ2) is 13.4. The van der Waals surface area contributed by atoms with Crippen molar-refractivity contribution in [3.8, 4) is 0 Å². The van der Waals surface area contributed by atoms with Crippen LogP contribution in [0.1, 0.15) is 65.8 Å². The minimum absolute atomic E-state index is 0.0159. The molecule has 5 heterocycles. The first kappa shape index (κ1) is 30.7. The number of piperazine rings is 1. The summed E-state index contributed by atoms with van der Waals surface area (Å²) in [4.78, 5) is 43.3. The predicted molar refractivity (Wildman–Crippen MR) is 186 cm³/mol. The summed E-state index contributed by atoms with van der Waals surface area (Å²) in [7, 11) is 0. The molecule has 4 aliphatic heterocycles. The van der Waals surface area contributed by atoms with E-state index < -0.39 is 0 Å². The molecule has 0 saturated carbocycles. The third kappa shape index (κ3) is 6.11. The molecule has 0 N–H and O–H groups in total. The van der Waals surface area contributed by atoms with Gasteiger partial charge < -0.3 is 24.5 Å². The van der Waals surface area contributed by atoms with E-state index in [9.17, 15) is 9.59 Å². The number of hydrogen-bond acceptors (Lipinski definition) is 6. The summed E-state index contributed by atoms with van der Waals surface area (Å²) in [6.07, 6.45) is 9.53. The van der Waals surface area contributed by atoms with Crippen LogP contribution in [0.2, 0.25) is 0 Å². The van der Waals surface area contributed by atoms with E-state index in [0.717, 1.165) is 76.5 Å². The van der Waals surface area contributed by atoms with Gasteiger partial charge in [0.2, 0.25) is 5.91 Å². The van der Waals surface area contributed by atoms with Crippen LogP contribution in [0.15, 0.2) is 55.1 Å². The van der Waals surface area contributed by atoms with Gasteiger partial charge in [-0.3, -0.25) is 9.59 Å². The number of carbonyl (C=O) groups is 2. The third-order valence-corrected chi connectivity index (χ3v) is 10.7. The van der Waals surface area contributed by atoms with E-state index in [4.69, 9.17) is 4.98 Å². The largest absolute Gasteiger partial charge is 0.368 e. The Kier molecular flexibility index (Phi) is 8.98. The molecule has 2 amide bonds. The topological polar surface area (TPSA) is 63.2 Å². The predicted octanol–water partition coefficient (Wildman–Crippen LogP) is 5.42. The van der Waals surface area contributed by atoms with Crippen LogP contribution in [-0.4, -0.2) is 96.4 Å². The minimum Gasteiger partial charge on any atom is -0.368 e. The van der Waals surface area contributed by atoms with Gasteiger partial charge in [-0.15, -0.1) is 0 Å². The molecule has 46 heavy (non-hydrogen) atoms. The van der Waals surface area contributed by atoms with Crippen LogP contribution in [0.4, 0.5) is 11.4 Å². The lowest BCUT2D eigenvalue weighted by atomic mass is 9.97. The fourth-order valence-electron chi connectivity index (χ4n) is 8.24. The lowest BCUT2D eigenvalue weighted by Gasteiger charge is -2.39. The summed E-state index contributed by atoms with van der Waals surface area (Å²) < 4.78 is 0. The zero-order valence-corrected chi connectivity index (χ0v) is 27.4. The SMILES string of the molecule is C=CC(=O)N1CCN(c2cc(C(=O)N3CCCC3CN3CCCCCC3)nc3c2CCN(c2cccc4cccc(C)c24)C3)CC1. The van der Waals surface area contributed by atoms with Crippen molar-refractivity contribution in [1.29, 1.82) is 0 Å². The molecule has 1 aromatic heterocycles. The molecule has 3 aromatic rings. The lowest BCUT2D eigenvalue weighted by molar-refractivity contribution is -0.126. The van der Waals surface area contributed by atoms with Crippen LogP contribution in [0.25, 0.3) is 10.8 Å². The van der Waals surface area contributed by atoms with E-state index in [1.165, 1.54) is 59.3 Å². The van der Waals surface area contributed by atoms with Gasteiger partial charge in [0.25, 0.3) is 5.91 Å². The zero-order valence-electron chi connectivity index (χ0n) is 27.4. The van der Waals surface area contributed by atoms with Crippen LogP contribution >= 0.6 is 0 Å². The molecule has 1 atom stereocenters. The highest BCUT2D eigenvalue weighted by molar-refractivity contribution is 5.97. The van der Waals surface area contributed by atoms with E-state index in [0.29, 0.717) is 25.3 Å². The van der Waals surface area contributed by atoms with Gasteiger partial charge in [0, 0.05) is 74.2 Å². The summed E-state index contributed by atoms with van der Waals surface area (Å²) in [5, 5.41) is 2.54. The van der Waals surface area contributed by atoms with Gasteiger partial charge in [-0.25, -0.2) is 4.98 Å². The molecular formula is C38H48N6O2. The second-order valence-corrected chi connectivity index (χ2v) is 13.6. The van der Waals surface area contributed by atoms with Crippen molar-refractivity contribution in [3.63, 3.8) is 0 Å². The molecule has 4 aliphatic rings. The van der Waals surface area contributed by atoms with Crippen molar-refractivity contribution < 1.29 is 9.59 Å². The number of likely N-dealkylation sites (tertiary alicyclic amines) is 2. The minimum atomic E-state index is -0.0159. The molecular weight excluding hydrogens is 572 g/mol. The number of hydrogen-bond donors (Lipinski definition) is 0. The number of carbonyl (C=O) groups excluding carboxylic acids is 2. The first-order valence-electron chi connectivity index (χ1n) is 17.5. The summed E-state index contributed by atoms with van der Waals surface area (Å²) >= 11 is 0. The standard InChI is InChI=1S/C38H48N6O2/c1-3-36(45)42-23-21-41(22-24-42)35-25-32(38(46)44-19-10-14-30(44)26-40-17-6-4-5-7-18-40)39-33-27-43(20-16-31(33)35)34-15-9-13-29-12-8-11-28(2)37(29)34/h3,8-9,11-13,15,25,30H,1,4-7,10,14,16-24,26-27H2,2H3. The average Bonchev–Trinajstić information content (AvgIpc) is 3.40. The number of anilines is 2. The number of aromatic nitrogens is 1. The fourth-order valence-corrected chi connectivity index (χ4v) is 8.24. The Labute approximate surface area is 273 Å². The second-order valence-electron chi connectivity index (χ2n) is 13.6. The van der Waals surface area contributed by atoms with Crippen molar-refractivity contribution in [2.75, 3.05) is 68.7 Å². The zero-order chi connectivity index (χ0) is 31.6. The number of benzene rings is 2. The van der Waals surface area contributed by atoms with Crippen molar-refractivity contribution in [2.45, 2.75) is 64.5 Å². The molecule has 2 aromatic carbocycles. The van der Waals surface area contributed by atoms with Crippen molar-refractivity contribution in [2.24, 2.45) is 0 Å². The van der Waals surface area contributed by atoms with Gasteiger partial charge in [0.15, 0.2) is 0 Å². The maximum atomic E-state index is 14.4. The van der Waals surface area contributed by atoms with E-state index in [-0.39, 0.29) is 17.9 Å². The summed E-state index contributed by atoms with van der Waals surface area (Å²) in [6, 6.07) is 15.4. The normalized spacial score (nSPS) is 20.9. The van der Waals surface area contributed by atoms with E-state index in [2.05, 4.69) is 75.6 Å². The molecule has 242 valence electrons. The molecule has 0 bridgehead atoms. The maximum Gasteiger partial charge on any atom is 0.272 e. The van der Waals surface area contributed by atoms with Gasteiger partial charge >= 0.3 is 0 Å². The van der Waals surface area contributed by atoms with Crippen LogP contribution in [0, 0.1) is 6.92 Å². The first-order valence-corrected chi connectivity index (χ1v) is 17.5. The Morgan fingerprint density at radius 3 is 2.39 bits per heavy atom. The number of amides is 2. The summed E-state index contributed by atoms with van der Waals surface area (Å²) in [6.45, 7) is 14.2. The number of aryl methyl sites for hydroxylation is 1. The van der Waals surface area contributed by atoms with Gasteiger partial charge in [-0.1, -0.05) is 49.8 Å². The molecule has 0 aliphatic carbocycles. The Hall–Kier alpha value is -3.91. The summed E-state index contributed by atoms with van der Waals surface area (Å²) in [5.41, 5.74) is 6.44. The molecule has 0 spiro atoms. The monoisotopic (exact) mass is 620 g/mol. The summed E-state index contributed by atoms with van der Waals surface area (Å²) in [5.74, 6) is 0.0535. The molecule has 8 nitrogen and oxygen atoms in total. The van der Waals surface area contributed by atoms with Crippen molar-refractivity contribution in [3.05, 3.63) is 77.6 Å². The van der Waals surface area contributed by atoms with Crippen LogP contribution in [0.5, 0.6) is 0 Å². The van der Waals surface area contributed by atoms with Crippen LogP contribution < -0.4 is 9.80 Å². The van der Waals surface area contributed by atoms with Gasteiger partial charge in [0.1, 0.15) is 5.69 Å². The van der Waals surface area contributed by atoms with Gasteiger partial charge in [0.05, 0.1) is 12.2 Å². The highest BCUT2D eigenvalue weighted by atomic mass is 16.2. The van der Waals surface area contributed by atoms with Crippen LogP contribution in [-0.2, 0) is 17.8 Å². The first-order chi connectivity index (χ1) is 22.5. The molecule has 3 saturated heterocycles. The highest BCUT2D eigenvalue weighted by Crippen LogP contribution is 2.36. The highest BCUT2D eigenvalue weighted by Gasteiger charge is 2.34. The van der Waals surface area contributed by atoms with E-state index >= 15 is 0 Å². The van der Waals surface area contributed by atoms with Crippen molar-refractivity contribution in [1.82, 2.24) is 19.7 Å². The lowest BCUT2D eigenvalue weighted by Crippen LogP contribution is -2.49. The van der Waals surface area contributed by atoms with Gasteiger partial charge in [-0.05, 0) is 81.3 Å². The fraction of sp³-hybridized carbons (Fsp3) is 0.500. The average molecular weight is 621 g/mol. The molecule has 8 heteroatoms. The molecule has 1 unspecified atom stereocenters. The maximum absolute atomic E-state index is 14.4. The molecule has 3 fully saturated rings. The number of fused-ring (bicyclic) bond motifs is 2. The Balaban J connectivity index is 1.21. The quantitative estimate of drug-likeness (QED) is 0.343. The Morgan fingerprint density at radius 1 is 0.870 bits per heavy atom. The van der Waals surface area contributed by atoms with E-state index in [1.807, 2.05) is 4.90 Å². The molecule has 7 rings (SSSR count). The number of rotatable bonds is 6. The van der Waals surface area contributed by atoms with Crippen LogP contribution in [0.3, 0.4) is 0 Å².